The van der Waals surface area contributed by atoms with Gasteiger partial charge < -0.3 is 15.6 Å². The van der Waals surface area contributed by atoms with Crippen LogP contribution < -0.4 is 5.73 Å². The molecule has 2 atom stereocenters. The first-order valence-electron chi connectivity index (χ1n) is 6.92. The molecule has 2 heterocycles. The van der Waals surface area contributed by atoms with Crippen LogP contribution in [0.4, 0.5) is 0 Å². The fourth-order valence-electron chi connectivity index (χ4n) is 3.04. The number of nitrogens with zero attached hydrogens (tertiary/aromatic N) is 2. The standard InChI is InChI=1S/C13H27N3O2.2ClH/c1-13(2,9-15-3-5-18-6-4-15)10-16-7-11(14)12(17)8-16;;/h11-12,17H,3-10,14H2,1-2H3;2*1H/t11-,12-;;/m1../s1. The van der Waals surface area contributed by atoms with Crippen LogP contribution in [0.15, 0.2) is 0 Å². The third-order valence-corrected chi connectivity index (χ3v) is 3.82. The van der Waals surface area contributed by atoms with Gasteiger partial charge >= 0.3 is 0 Å². The van der Waals surface area contributed by atoms with Crippen molar-refractivity contribution in [2.45, 2.75) is 26.0 Å². The number of morpholine rings is 1. The van der Waals surface area contributed by atoms with E-state index in [1.807, 2.05) is 0 Å². The Hall–Kier alpha value is 0.380. The Bertz CT molecular complexity index is 266. The molecular formula is C13H29Cl2N3O2. The second kappa shape index (κ2) is 8.73. The summed E-state index contributed by atoms with van der Waals surface area (Å²) in [5, 5.41) is 9.69. The average molecular weight is 330 g/mol. The summed E-state index contributed by atoms with van der Waals surface area (Å²) >= 11 is 0. The number of halogens is 2. The smallest absolute Gasteiger partial charge is 0.0830 e. The number of β-amino-alcohol motifs (C(OH)–C–C–N with tert-alkyl or cyclic N) is 1. The molecule has 0 bridgehead atoms. The van der Waals surface area contributed by atoms with Gasteiger partial charge in [-0.1, -0.05) is 13.8 Å². The maximum absolute atomic E-state index is 9.69. The fraction of sp³-hybridized carbons (Fsp3) is 1.00. The van der Waals surface area contributed by atoms with Gasteiger partial charge in [-0.15, -0.1) is 24.8 Å². The van der Waals surface area contributed by atoms with Gasteiger partial charge in [0.1, 0.15) is 0 Å². The Kier molecular flexibility index (Phi) is 8.90. The number of rotatable bonds is 4. The van der Waals surface area contributed by atoms with Crippen LogP contribution >= 0.6 is 24.8 Å². The lowest BCUT2D eigenvalue weighted by atomic mass is 9.92. The molecule has 0 amide bonds. The molecule has 5 nitrogen and oxygen atoms in total. The van der Waals surface area contributed by atoms with E-state index in [0.29, 0.717) is 6.54 Å². The number of aliphatic hydroxyl groups excluding tert-OH is 1. The first-order valence-corrected chi connectivity index (χ1v) is 6.92. The van der Waals surface area contributed by atoms with E-state index in [-0.39, 0.29) is 42.4 Å². The van der Waals surface area contributed by atoms with Crippen LogP contribution in [-0.2, 0) is 4.74 Å². The second-order valence-corrected chi connectivity index (χ2v) is 6.48. The lowest BCUT2D eigenvalue weighted by Gasteiger charge is -2.37. The van der Waals surface area contributed by atoms with Crippen LogP contribution in [0.5, 0.6) is 0 Å². The van der Waals surface area contributed by atoms with Crippen molar-refractivity contribution in [2.24, 2.45) is 11.1 Å². The summed E-state index contributed by atoms with van der Waals surface area (Å²) < 4.78 is 5.37. The maximum atomic E-state index is 9.69. The van der Waals surface area contributed by atoms with Gasteiger partial charge in [0, 0.05) is 45.3 Å². The van der Waals surface area contributed by atoms with E-state index in [2.05, 4.69) is 23.6 Å². The quantitative estimate of drug-likeness (QED) is 0.771. The third kappa shape index (κ3) is 6.02. The molecule has 20 heavy (non-hydrogen) atoms. The van der Waals surface area contributed by atoms with Crippen LogP contribution in [0.2, 0.25) is 0 Å². The molecule has 122 valence electrons. The minimum Gasteiger partial charge on any atom is -0.390 e. The molecule has 0 spiro atoms. The maximum Gasteiger partial charge on any atom is 0.0830 e. The van der Waals surface area contributed by atoms with Crippen molar-refractivity contribution in [2.75, 3.05) is 52.5 Å². The molecule has 0 unspecified atom stereocenters. The predicted octanol–water partition coefficient (Wildman–Crippen LogP) is 0.192. The Morgan fingerprint density at radius 1 is 1.10 bits per heavy atom. The van der Waals surface area contributed by atoms with Crippen molar-refractivity contribution in [3.05, 3.63) is 0 Å². The molecule has 2 rings (SSSR count). The van der Waals surface area contributed by atoms with Gasteiger partial charge in [0.15, 0.2) is 0 Å². The van der Waals surface area contributed by atoms with Crippen molar-refractivity contribution in [3.63, 3.8) is 0 Å². The van der Waals surface area contributed by atoms with E-state index in [9.17, 15) is 5.11 Å². The van der Waals surface area contributed by atoms with Gasteiger partial charge in [0.2, 0.25) is 0 Å². The molecule has 2 aliphatic heterocycles. The summed E-state index contributed by atoms with van der Waals surface area (Å²) in [5.74, 6) is 0. The average Bonchev–Trinajstić information content (AvgIpc) is 2.57. The van der Waals surface area contributed by atoms with E-state index < -0.39 is 0 Å². The zero-order valence-electron chi connectivity index (χ0n) is 12.5. The number of hydrogen-bond acceptors (Lipinski definition) is 5. The molecular weight excluding hydrogens is 301 g/mol. The van der Waals surface area contributed by atoms with Gasteiger partial charge in [0.25, 0.3) is 0 Å². The monoisotopic (exact) mass is 329 g/mol. The van der Waals surface area contributed by atoms with Crippen molar-refractivity contribution < 1.29 is 9.84 Å². The van der Waals surface area contributed by atoms with Gasteiger partial charge in [0.05, 0.1) is 19.3 Å². The van der Waals surface area contributed by atoms with Crippen LogP contribution in [0.1, 0.15) is 13.8 Å². The Morgan fingerprint density at radius 2 is 1.65 bits per heavy atom. The molecule has 0 radical (unpaired) electrons. The highest BCUT2D eigenvalue weighted by Gasteiger charge is 2.33. The van der Waals surface area contributed by atoms with Gasteiger partial charge in [-0.3, -0.25) is 9.80 Å². The lowest BCUT2D eigenvalue weighted by molar-refractivity contribution is 0.0157. The van der Waals surface area contributed by atoms with Crippen LogP contribution in [0.3, 0.4) is 0 Å². The van der Waals surface area contributed by atoms with E-state index >= 15 is 0 Å². The molecule has 0 aliphatic carbocycles. The number of ether oxygens (including phenoxy) is 1. The van der Waals surface area contributed by atoms with E-state index in [4.69, 9.17) is 10.5 Å². The normalized spacial score (nSPS) is 28.8. The highest BCUT2D eigenvalue weighted by atomic mass is 35.5. The van der Waals surface area contributed by atoms with E-state index in [1.54, 1.807) is 0 Å². The molecule has 0 saturated carbocycles. The fourth-order valence-corrected chi connectivity index (χ4v) is 3.04. The Balaban J connectivity index is 0.00000180. The summed E-state index contributed by atoms with van der Waals surface area (Å²) in [5.41, 5.74) is 6.08. The Morgan fingerprint density at radius 3 is 2.15 bits per heavy atom. The molecule has 2 saturated heterocycles. The highest BCUT2D eigenvalue weighted by molar-refractivity contribution is 5.85. The molecule has 2 aliphatic rings. The number of likely N-dealkylation sites (tertiary alicyclic amines) is 1. The molecule has 3 N–H and O–H groups in total. The van der Waals surface area contributed by atoms with Gasteiger partial charge in [-0.2, -0.15) is 0 Å². The van der Waals surface area contributed by atoms with E-state index in [0.717, 1.165) is 45.9 Å². The summed E-state index contributed by atoms with van der Waals surface area (Å²) in [4.78, 5) is 4.76. The second-order valence-electron chi connectivity index (χ2n) is 6.48. The summed E-state index contributed by atoms with van der Waals surface area (Å²) in [6, 6.07) is -0.0795. The topological polar surface area (TPSA) is 62.0 Å². The first kappa shape index (κ1) is 20.4. The van der Waals surface area contributed by atoms with Crippen LogP contribution in [0, 0.1) is 5.41 Å². The number of aliphatic hydroxyl groups is 1. The Labute approximate surface area is 134 Å². The van der Waals surface area contributed by atoms with E-state index in [1.165, 1.54) is 0 Å². The minimum atomic E-state index is -0.357. The number of nitrogens with two attached hydrogens (primary N) is 1. The first-order chi connectivity index (χ1) is 8.46. The SMILES string of the molecule is CC(C)(CN1CCOCC1)CN1C[C@@H](N)[C@H](O)C1.Cl.Cl. The molecule has 2 fully saturated rings. The third-order valence-electron chi connectivity index (χ3n) is 3.82. The number of hydrogen-bond donors (Lipinski definition) is 2. The summed E-state index contributed by atoms with van der Waals surface area (Å²) in [6.45, 7) is 12.0. The van der Waals surface area contributed by atoms with Gasteiger partial charge in [-0.05, 0) is 5.41 Å². The predicted molar refractivity (Wildman–Crippen MR) is 86.0 cm³/mol. The van der Waals surface area contributed by atoms with Crippen LogP contribution in [-0.4, -0.2) is 79.5 Å². The molecule has 0 aromatic heterocycles. The zero-order valence-corrected chi connectivity index (χ0v) is 14.1. The lowest BCUT2D eigenvalue weighted by Crippen LogP contribution is -2.46. The van der Waals surface area contributed by atoms with Crippen molar-refractivity contribution in [3.8, 4) is 0 Å². The van der Waals surface area contributed by atoms with Crippen LogP contribution in [0.25, 0.3) is 0 Å². The highest BCUT2D eigenvalue weighted by Crippen LogP contribution is 2.22. The molecule has 0 aromatic rings. The summed E-state index contributed by atoms with van der Waals surface area (Å²) in [7, 11) is 0. The largest absolute Gasteiger partial charge is 0.390 e. The zero-order chi connectivity index (χ0) is 13.2. The van der Waals surface area contributed by atoms with Crippen molar-refractivity contribution in [1.82, 2.24) is 9.80 Å². The van der Waals surface area contributed by atoms with Crippen molar-refractivity contribution >= 4 is 24.8 Å². The minimum absolute atomic E-state index is 0. The van der Waals surface area contributed by atoms with Crippen molar-refractivity contribution in [1.29, 1.82) is 0 Å². The van der Waals surface area contributed by atoms with Gasteiger partial charge in [-0.25, -0.2) is 0 Å². The molecule has 0 aromatic carbocycles. The molecule has 7 heteroatoms. The summed E-state index contributed by atoms with van der Waals surface area (Å²) in [6.07, 6.45) is -0.357.